The third-order valence-electron chi connectivity index (χ3n) is 2.98. The molecular weight excluding hydrogens is 252 g/mol. The number of phenols is 1. The number of anilines is 2. The van der Waals surface area contributed by atoms with E-state index in [1.165, 1.54) is 6.92 Å². The Kier molecular flexibility index (Phi) is 4.25. The van der Waals surface area contributed by atoms with Crippen molar-refractivity contribution in [2.24, 2.45) is 0 Å². The molecule has 0 aromatic heterocycles. The molecule has 1 amide bonds. The first kappa shape index (κ1) is 13.9. The average molecular weight is 270 g/mol. The highest BCUT2D eigenvalue weighted by molar-refractivity contribution is 5.89. The van der Waals surface area contributed by atoms with E-state index in [9.17, 15) is 9.90 Å². The Morgan fingerprint density at radius 3 is 2.50 bits per heavy atom. The Balaban J connectivity index is 2.08. The maximum absolute atomic E-state index is 11.1. The second kappa shape index (κ2) is 6.10. The van der Waals surface area contributed by atoms with Gasteiger partial charge in [-0.15, -0.1) is 0 Å². The molecule has 2 rings (SSSR count). The molecule has 0 aliphatic heterocycles. The number of amides is 1. The summed E-state index contributed by atoms with van der Waals surface area (Å²) >= 11 is 0. The summed E-state index contributed by atoms with van der Waals surface area (Å²) in [4.78, 5) is 11.1. The fraction of sp³-hybridized carbons (Fsp3) is 0.188. The Morgan fingerprint density at radius 2 is 1.85 bits per heavy atom. The van der Waals surface area contributed by atoms with Crippen molar-refractivity contribution in [1.82, 2.24) is 0 Å². The van der Waals surface area contributed by atoms with Crippen LogP contribution in [0.5, 0.6) is 5.75 Å². The molecular formula is C16H18N2O2. The Bertz CT molecular complexity index is 606. The summed E-state index contributed by atoms with van der Waals surface area (Å²) in [5.41, 5.74) is 3.94. The van der Waals surface area contributed by atoms with E-state index in [0.29, 0.717) is 6.54 Å². The minimum Gasteiger partial charge on any atom is -0.508 e. The first-order valence-electron chi connectivity index (χ1n) is 6.44. The molecule has 20 heavy (non-hydrogen) atoms. The van der Waals surface area contributed by atoms with Crippen molar-refractivity contribution in [2.45, 2.75) is 20.4 Å². The van der Waals surface area contributed by atoms with Crippen molar-refractivity contribution >= 4 is 17.3 Å². The van der Waals surface area contributed by atoms with Crippen molar-refractivity contribution in [3.8, 4) is 5.75 Å². The van der Waals surface area contributed by atoms with Crippen molar-refractivity contribution in [3.63, 3.8) is 0 Å². The predicted molar refractivity (Wildman–Crippen MR) is 80.9 cm³/mol. The molecule has 0 radical (unpaired) electrons. The molecule has 104 valence electrons. The van der Waals surface area contributed by atoms with Crippen LogP contribution in [-0.4, -0.2) is 11.0 Å². The number of carbonyl (C=O) groups is 1. The molecule has 0 unspecified atom stereocenters. The first-order valence-corrected chi connectivity index (χ1v) is 6.44. The van der Waals surface area contributed by atoms with E-state index in [4.69, 9.17) is 0 Å². The second-order valence-electron chi connectivity index (χ2n) is 4.73. The fourth-order valence-corrected chi connectivity index (χ4v) is 1.90. The molecule has 0 atom stereocenters. The van der Waals surface area contributed by atoms with Crippen LogP contribution in [0.25, 0.3) is 0 Å². The van der Waals surface area contributed by atoms with Crippen LogP contribution in [0.4, 0.5) is 11.4 Å². The van der Waals surface area contributed by atoms with E-state index < -0.39 is 0 Å². The van der Waals surface area contributed by atoms with Gasteiger partial charge in [-0.25, -0.2) is 0 Å². The van der Waals surface area contributed by atoms with Crippen LogP contribution in [-0.2, 0) is 11.3 Å². The van der Waals surface area contributed by atoms with E-state index in [0.717, 1.165) is 22.5 Å². The van der Waals surface area contributed by atoms with Gasteiger partial charge in [0, 0.05) is 24.8 Å². The highest BCUT2D eigenvalue weighted by Gasteiger charge is 2.02. The molecule has 2 aromatic rings. The maximum Gasteiger partial charge on any atom is 0.221 e. The molecule has 0 saturated heterocycles. The molecule has 0 saturated carbocycles. The smallest absolute Gasteiger partial charge is 0.221 e. The van der Waals surface area contributed by atoms with E-state index in [2.05, 4.69) is 10.6 Å². The summed E-state index contributed by atoms with van der Waals surface area (Å²) in [6.07, 6.45) is 0. The number of hydrogen-bond donors (Lipinski definition) is 3. The number of carbonyl (C=O) groups excluding carboxylic acids is 1. The quantitative estimate of drug-likeness (QED) is 0.799. The molecule has 0 spiro atoms. The molecule has 0 aliphatic rings. The SMILES string of the molecule is CC(=O)Nc1ccc(C)c(NCc2ccc(O)cc2)c1. The Morgan fingerprint density at radius 1 is 1.15 bits per heavy atom. The second-order valence-corrected chi connectivity index (χ2v) is 4.73. The molecule has 0 heterocycles. The number of benzene rings is 2. The number of nitrogens with one attached hydrogen (secondary N) is 2. The van der Waals surface area contributed by atoms with Crippen molar-refractivity contribution in [3.05, 3.63) is 53.6 Å². The van der Waals surface area contributed by atoms with Gasteiger partial charge in [-0.05, 0) is 42.3 Å². The Hall–Kier alpha value is -2.49. The summed E-state index contributed by atoms with van der Waals surface area (Å²) in [7, 11) is 0. The van der Waals surface area contributed by atoms with Crippen LogP contribution in [0, 0.1) is 6.92 Å². The molecule has 2 aromatic carbocycles. The molecule has 3 N–H and O–H groups in total. The molecule has 0 aliphatic carbocycles. The lowest BCUT2D eigenvalue weighted by atomic mass is 10.1. The normalized spacial score (nSPS) is 10.1. The van der Waals surface area contributed by atoms with Crippen LogP contribution in [0.2, 0.25) is 0 Å². The van der Waals surface area contributed by atoms with Gasteiger partial charge >= 0.3 is 0 Å². The van der Waals surface area contributed by atoms with E-state index in [1.807, 2.05) is 37.3 Å². The van der Waals surface area contributed by atoms with Gasteiger partial charge in [0.05, 0.1) is 0 Å². The highest BCUT2D eigenvalue weighted by Crippen LogP contribution is 2.21. The van der Waals surface area contributed by atoms with Gasteiger partial charge in [0.15, 0.2) is 0 Å². The molecule has 0 fully saturated rings. The summed E-state index contributed by atoms with van der Waals surface area (Å²) < 4.78 is 0. The minimum absolute atomic E-state index is 0.0849. The lowest BCUT2D eigenvalue weighted by molar-refractivity contribution is -0.114. The minimum atomic E-state index is -0.0849. The van der Waals surface area contributed by atoms with E-state index in [1.54, 1.807) is 12.1 Å². The summed E-state index contributed by atoms with van der Waals surface area (Å²) in [5, 5.41) is 15.3. The van der Waals surface area contributed by atoms with Crippen molar-refractivity contribution in [2.75, 3.05) is 10.6 Å². The first-order chi connectivity index (χ1) is 9.54. The van der Waals surface area contributed by atoms with Crippen LogP contribution in [0.3, 0.4) is 0 Å². The largest absolute Gasteiger partial charge is 0.508 e. The van der Waals surface area contributed by atoms with E-state index in [-0.39, 0.29) is 11.7 Å². The van der Waals surface area contributed by atoms with Crippen LogP contribution in [0.15, 0.2) is 42.5 Å². The average Bonchev–Trinajstić information content (AvgIpc) is 2.40. The van der Waals surface area contributed by atoms with Gasteiger partial charge < -0.3 is 15.7 Å². The summed E-state index contributed by atoms with van der Waals surface area (Å²) in [6.45, 7) is 4.16. The Labute approximate surface area is 118 Å². The monoisotopic (exact) mass is 270 g/mol. The third-order valence-corrected chi connectivity index (χ3v) is 2.98. The predicted octanol–water partition coefficient (Wildman–Crippen LogP) is 3.27. The van der Waals surface area contributed by atoms with Gasteiger partial charge in [0.25, 0.3) is 0 Å². The maximum atomic E-state index is 11.1. The summed E-state index contributed by atoms with van der Waals surface area (Å²) in [5.74, 6) is 0.177. The summed E-state index contributed by atoms with van der Waals surface area (Å²) in [6, 6.07) is 12.8. The van der Waals surface area contributed by atoms with Gasteiger partial charge in [-0.3, -0.25) is 4.79 Å². The fourth-order valence-electron chi connectivity index (χ4n) is 1.90. The van der Waals surface area contributed by atoms with Crippen molar-refractivity contribution < 1.29 is 9.90 Å². The van der Waals surface area contributed by atoms with Crippen LogP contribution >= 0.6 is 0 Å². The van der Waals surface area contributed by atoms with Gasteiger partial charge in [0.2, 0.25) is 5.91 Å². The van der Waals surface area contributed by atoms with E-state index >= 15 is 0 Å². The van der Waals surface area contributed by atoms with Crippen molar-refractivity contribution in [1.29, 1.82) is 0 Å². The number of aryl methyl sites for hydroxylation is 1. The standard InChI is InChI=1S/C16H18N2O2/c1-11-3-6-14(18-12(2)19)9-16(11)17-10-13-4-7-15(20)8-5-13/h3-9,17,20H,10H2,1-2H3,(H,18,19). The number of phenolic OH excluding ortho intramolecular Hbond substituents is 1. The molecule has 4 heteroatoms. The zero-order valence-corrected chi connectivity index (χ0v) is 11.6. The highest BCUT2D eigenvalue weighted by atomic mass is 16.3. The van der Waals surface area contributed by atoms with Crippen LogP contribution < -0.4 is 10.6 Å². The number of rotatable bonds is 4. The molecule has 0 bridgehead atoms. The van der Waals surface area contributed by atoms with Gasteiger partial charge in [-0.1, -0.05) is 18.2 Å². The van der Waals surface area contributed by atoms with Gasteiger partial charge in [-0.2, -0.15) is 0 Å². The number of aromatic hydroxyl groups is 1. The lowest BCUT2D eigenvalue weighted by Crippen LogP contribution is -2.07. The zero-order chi connectivity index (χ0) is 14.5. The lowest BCUT2D eigenvalue weighted by Gasteiger charge is -2.12. The van der Waals surface area contributed by atoms with Crippen LogP contribution in [0.1, 0.15) is 18.1 Å². The third kappa shape index (κ3) is 3.75. The molecule has 4 nitrogen and oxygen atoms in total. The number of hydrogen-bond acceptors (Lipinski definition) is 3. The topological polar surface area (TPSA) is 61.4 Å². The van der Waals surface area contributed by atoms with Gasteiger partial charge in [0.1, 0.15) is 5.75 Å². The zero-order valence-electron chi connectivity index (χ0n) is 11.6.